The quantitative estimate of drug-likeness (QED) is 0.759. The highest BCUT2D eigenvalue weighted by molar-refractivity contribution is 7.92. The van der Waals surface area contributed by atoms with Crippen LogP contribution in [-0.4, -0.2) is 38.5 Å². The molecule has 1 saturated heterocycles. The summed E-state index contributed by atoms with van der Waals surface area (Å²) >= 11 is 0. The van der Waals surface area contributed by atoms with Gasteiger partial charge in [0.15, 0.2) is 0 Å². The number of hydrogen-bond donors (Lipinski definition) is 0. The van der Waals surface area contributed by atoms with Gasteiger partial charge in [0.1, 0.15) is 0 Å². The van der Waals surface area contributed by atoms with Gasteiger partial charge in [-0.2, -0.15) is 4.31 Å². The number of hydrogen-bond acceptors (Lipinski definition) is 3. The van der Waals surface area contributed by atoms with Gasteiger partial charge in [0.2, 0.25) is 10.0 Å². The molecule has 5 heteroatoms. The predicted octanol–water partition coefficient (Wildman–Crippen LogP) is 2.65. The molecular weight excluding hydrogens is 286 g/mol. The highest BCUT2D eigenvalue weighted by atomic mass is 32.2. The minimum absolute atomic E-state index is 0.132. The van der Waals surface area contributed by atoms with Gasteiger partial charge in [0.05, 0.1) is 12.7 Å². The standard InChI is InChI=1S/C16H21NO3S/c1-2-13-20-16-8-11-17(12-9-16)21(18,19)14-10-15-6-4-3-5-7-15/h2-7,10,14,16H,1,8-9,11-13H2/b14-10+. The van der Waals surface area contributed by atoms with E-state index in [-0.39, 0.29) is 6.10 Å². The maximum absolute atomic E-state index is 12.3. The Morgan fingerprint density at radius 3 is 2.52 bits per heavy atom. The summed E-state index contributed by atoms with van der Waals surface area (Å²) in [7, 11) is -3.35. The van der Waals surface area contributed by atoms with E-state index in [9.17, 15) is 8.42 Å². The van der Waals surface area contributed by atoms with Crippen LogP contribution in [0.5, 0.6) is 0 Å². The smallest absolute Gasteiger partial charge is 0.236 e. The molecule has 0 spiro atoms. The van der Waals surface area contributed by atoms with Crippen LogP contribution in [0, 0.1) is 0 Å². The first-order valence-corrected chi connectivity index (χ1v) is 8.58. The van der Waals surface area contributed by atoms with Crippen LogP contribution in [0.1, 0.15) is 18.4 Å². The Kier molecular flexibility index (Phi) is 5.73. The van der Waals surface area contributed by atoms with E-state index in [1.54, 1.807) is 12.2 Å². The number of piperidine rings is 1. The Morgan fingerprint density at radius 1 is 1.24 bits per heavy atom. The molecule has 0 bridgehead atoms. The summed E-state index contributed by atoms with van der Waals surface area (Å²) in [6, 6.07) is 9.42. The van der Waals surface area contributed by atoms with Crippen molar-refractivity contribution in [3.05, 3.63) is 54.0 Å². The molecule has 1 heterocycles. The van der Waals surface area contributed by atoms with Crippen molar-refractivity contribution in [2.24, 2.45) is 0 Å². The average Bonchev–Trinajstić information content (AvgIpc) is 2.52. The number of benzene rings is 1. The lowest BCUT2D eigenvalue weighted by Gasteiger charge is -2.30. The van der Waals surface area contributed by atoms with Crippen LogP contribution in [0.4, 0.5) is 0 Å². The maximum Gasteiger partial charge on any atom is 0.236 e. The van der Waals surface area contributed by atoms with Crippen LogP contribution in [0.15, 0.2) is 48.4 Å². The summed E-state index contributed by atoms with van der Waals surface area (Å²) in [5, 5.41) is 1.28. The van der Waals surface area contributed by atoms with Crippen LogP contribution in [0.2, 0.25) is 0 Å². The fourth-order valence-electron chi connectivity index (χ4n) is 2.27. The summed E-state index contributed by atoms with van der Waals surface area (Å²) < 4.78 is 31.6. The Hall–Kier alpha value is -1.43. The van der Waals surface area contributed by atoms with Gasteiger partial charge < -0.3 is 4.74 Å². The monoisotopic (exact) mass is 307 g/mol. The zero-order valence-electron chi connectivity index (χ0n) is 12.0. The molecule has 0 radical (unpaired) electrons. The molecule has 1 aromatic carbocycles. The zero-order chi connectivity index (χ0) is 15.1. The highest BCUT2D eigenvalue weighted by Gasteiger charge is 2.26. The van der Waals surface area contributed by atoms with Crippen molar-refractivity contribution in [1.29, 1.82) is 0 Å². The van der Waals surface area contributed by atoms with Crippen molar-refractivity contribution in [2.75, 3.05) is 19.7 Å². The molecule has 4 nitrogen and oxygen atoms in total. The Labute approximate surface area is 126 Å². The lowest BCUT2D eigenvalue weighted by molar-refractivity contribution is 0.0383. The first-order chi connectivity index (χ1) is 10.1. The number of nitrogens with zero attached hydrogens (tertiary/aromatic N) is 1. The Morgan fingerprint density at radius 2 is 1.90 bits per heavy atom. The lowest BCUT2D eigenvalue weighted by Crippen LogP contribution is -2.39. The maximum atomic E-state index is 12.3. The molecule has 0 aromatic heterocycles. The average molecular weight is 307 g/mol. The Bertz CT molecular complexity index is 573. The second kappa shape index (κ2) is 7.54. The second-order valence-corrected chi connectivity index (χ2v) is 6.80. The third kappa shape index (κ3) is 4.81. The van der Waals surface area contributed by atoms with Crippen LogP contribution >= 0.6 is 0 Å². The zero-order valence-corrected chi connectivity index (χ0v) is 12.8. The van der Waals surface area contributed by atoms with Crippen molar-refractivity contribution < 1.29 is 13.2 Å². The topological polar surface area (TPSA) is 46.6 Å². The van der Waals surface area contributed by atoms with Crippen LogP contribution in [-0.2, 0) is 14.8 Å². The van der Waals surface area contributed by atoms with Gasteiger partial charge in [-0.05, 0) is 24.5 Å². The van der Waals surface area contributed by atoms with E-state index < -0.39 is 10.0 Å². The largest absolute Gasteiger partial charge is 0.374 e. The van der Waals surface area contributed by atoms with Gasteiger partial charge in [-0.25, -0.2) is 8.42 Å². The summed E-state index contributed by atoms with van der Waals surface area (Å²) in [5.74, 6) is 0. The molecule has 0 amide bonds. The molecule has 0 atom stereocenters. The lowest BCUT2D eigenvalue weighted by atomic mass is 10.1. The predicted molar refractivity (Wildman–Crippen MR) is 85.1 cm³/mol. The van der Waals surface area contributed by atoms with E-state index in [0.717, 1.165) is 18.4 Å². The molecule has 1 aromatic rings. The van der Waals surface area contributed by atoms with E-state index in [4.69, 9.17) is 4.74 Å². The third-order valence-electron chi connectivity index (χ3n) is 3.44. The second-order valence-electron chi connectivity index (χ2n) is 4.98. The van der Waals surface area contributed by atoms with E-state index >= 15 is 0 Å². The molecule has 1 aliphatic rings. The fourth-order valence-corrected chi connectivity index (χ4v) is 3.49. The molecule has 0 N–H and O–H groups in total. The molecule has 0 aliphatic carbocycles. The van der Waals surface area contributed by atoms with Crippen molar-refractivity contribution in [2.45, 2.75) is 18.9 Å². The summed E-state index contributed by atoms with van der Waals surface area (Å²) in [4.78, 5) is 0. The molecule has 2 rings (SSSR count). The Balaban J connectivity index is 1.92. The third-order valence-corrected chi connectivity index (χ3v) is 5.01. The van der Waals surface area contributed by atoms with E-state index in [1.165, 1.54) is 9.71 Å². The van der Waals surface area contributed by atoms with E-state index in [0.29, 0.717) is 19.7 Å². The fraction of sp³-hybridized carbons (Fsp3) is 0.375. The molecular formula is C16H21NO3S. The van der Waals surface area contributed by atoms with Gasteiger partial charge in [-0.3, -0.25) is 0 Å². The molecule has 0 unspecified atom stereocenters. The van der Waals surface area contributed by atoms with Gasteiger partial charge in [0.25, 0.3) is 0 Å². The van der Waals surface area contributed by atoms with Gasteiger partial charge in [-0.1, -0.05) is 36.4 Å². The van der Waals surface area contributed by atoms with Crippen molar-refractivity contribution in [3.63, 3.8) is 0 Å². The SMILES string of the molecule is C=CCOC1CCN(S(=O)(=O)/C=C/c2ccccc2)CC1. The minimum Gasteiger partial charge on any atom is -0.374 e. The summed E-state index contributed by atoms with van der Waals surface area (Å²) in [5.41, 5.74) is 0.880. The van der Waals surface area contributed by atoms with Crippen molar-refractivity contribution in [3.8, 4) is 0 Å². The summed E-state index contributed by atoms with van der Waals surface area (Å²) in [6.07, 6.45) is 4.94. The van der Waals surface area contributed by atoms with Crippen LogP contribution < -0.4 is 0 Å². The molecule has 21 heavy (non-hydrogen) atoms. The molecule has 1 aliphatic heterocycles. The van der Waals surface area contributed by atoms with E-state index in [1.807, 2.05) is 30.3 Å². The molecule has 114 valence electrons. The van der Waals surface area contributed by atoms with Crippen molar-refractivity contribution >= 4 is 16.1 Å². The molecule has 1 fully saturated rings. The minimum atomic E-state index is -3.35. The van der Waals surface area contributed by atoms with Crippen LogP contribution in [0.3, 0.4) is 0 Å². The van der Waals surface area contributed by atoms with Crippen molar-refractivity contribution in [1.82, 2.24) is 4.31 Å². The normalized spacial score (nSPS) is 18.1. The van der Waals surface area contributed by atoms with E-state index in [2.05, 4.69) is 6.58 Å². The number of sulfonamides is 1. The van der Waals surface area contributed by atoms with Gasteiger partial charge in [0, 0.05) is 18.5 Å². The highest BCUT2D eigenvalue weighted by Crippen LogP contribution is 2.18. The van der Waals surface area contributed by atoms with Gasteiger partial charge in [-0.15, -0.1) is 6.58 Å². The van der Waals surface area contributed by atoms with Crippen LogP contribution in [0.25, 0.3) is 6.08 Å². The van der Waals surface area contributed by atoms with Gasteiger partial charge >= 0.3 is 0 Å². The molecule has 0 saturated carbocycles. The first kappa shape index (κ1) is 15.9. The summed E-state index contributed by atoms with van der Waals surface area (Å²) in [6.45, 7) is 5.14. The number of ether oxygens (including phenoxy) is 1. The number of rotatable bonds is 6. The first-order valence-electron chi connectivity index (χ1n) is 7.07.